The van der Waals surface area contributed by atoms with Crippen molar-refractivity contribution in [1.82, 2.24) is 4.90 Å². The predicted molar refractivity (Wildman–Crippen MR) is 81.5 cm³/mol. The molecule has 0 aliphatic heterocycles. The van der Waals surface area contributed by atoms with Crippen molar-refractivity contribution in [3.8, 4) is 5.75 Å². The minimum atomic E-state index is 0.702. The molecule has 0 unspecified atom stereocenters. The second-order valence-corrected chi connectivity index (χ2v) is 5.35. The summed E-state index contributed by atoms with van der Waals surface area (Å²) in [6, 6.07) is 10.0. The highest BCUT2D eigenvalue weighted by Gasteiger charge is 2.06. The zero-order chi connectivity index (χ0) is 13.9. The van der Waals surface area contributed by atoms with Crippen molar-refractivity contribution in [2.75, 3.05) is 32.8 Å². The zero-order valence-corrected chi connectivity index (χ0v) is 12.3. The van der Waals surface area contributed by atoms with Crippen molar-refractivity contribution < 1.29 is 4.74 Å². The van der Waals surface area contributed by atoms with E-state index in [1.807, 2.05) is 30.3 Å². The Labute approximate surface area is 117 Å². The zero-order valence-electron chi connectivity index (χ0n) is 12.3. The molecule has 0 fully saturated rings. The first kappa shape index (κ1) is 16.0. The van der Waals surface area contributed by atoms with E-state index in [1.54, 1.807) is 0 Å². The molecule has 0 radical (unpaired) electrons. The van der Waals surface area contributed by atoms with Crippen LogP contribution in [0.3, 0.4) is 0 Å². The normalized spacial score (nSPS) is 11.2. The Balaban J connectivity index is 2.19. The van der Waals surface area contributed by atoms with E-state index in [2.05, 4.69) is 18.7 Å². The van der Waals surface area contributed by atoms with Crippen LogP contribution in [0.4, 0.5) is 0 Å². The Morgan fingerprint density at radius 2 is 1.79 bits per heavy atom. The average molecular weight is 264 g/mol. The van der Waals surface area contributed by atoms with Crippen molar-refractivity contribution in [3.05, 3.63) is 30.3 Å². The van der Waals surface area contributed by atoms with E-state index in [-0.39, 0.29) is 0 Å². The number of benzene rings is 1. The molecule has 1 aromatic rings. The minimum Gasteiger partial charge on any atom is -0.494 e. The van der Waals surface area contributed by atoms with Gasteiger partial charge in [-0.25, -0.2) is 0 Å². The largest absolute Gasteiger partial charge is 0.494 e. The SMILES string of the molecule is CC(C)CN(CCCN)CCCOc1ccccc1. The topological polar surface area (TPSA) is 38.5 Å². The van der Waals surface area contributed by atoms with Gasteiger partial charge in [0.15, 0.2) is 0 Å². The van der Waals surface area contributed by atoms with Crippen LogP contribution in [0.25, 0.3) is 0 Å². The highest BCUT2D eigenvalue weighted by atomic mass is 16.5. The molecule has 108 valence electrons. The number of nitrogens with zero attached hydrogens (tertiary/aromatic N) is 1. The van der Waals surface area contributed by atoms with E-state index in [9.17, 15) is 0 Å². The molecule has 19 heavy (non-hydrogen) atoms. The lowest BCUT2D eigenvalue weighted by Gasteiger charge is -2.24. The molecule has 0 amide bonds. The molecule has 0 bridgehead atoms. The maximum atomic E-state index is 5.71. The quantitative estimate of drug-likeness (QED) is 0.660. The highest BCUT2D eigenvalue weighted by Crippen LogP contribution is 2.09. The Morgan fingerprint density at radius 3 is 2.42 bits per heavy atom. The molecule has 0 aliphatic carbocycles. The average Bonchev–Trinajstić information content (AvgIpc) is 2.41. The molecular formula is C16H28N2O. The molecule has 0 spiro atoms. The van der Waals surface area contributed by atoms with Crippen molar-refractivity contribution in [2.45, 2.75) is 26.7 Å². The van der Waals surface area contributed by atoms with Gasteiger partial charge in [0, 0.05) is 13.1 Å². The number of hydrogen-bond donors (Lipinski definition) is 1. The van der Waals surface area contributed by atoms with Crippen LogP contribution in [0.15, 0.2) is 30.3 Å². The number of nitrogens with two attached hydrogens (primary N) is 1. The van der Waals surface area contributed by atoms with Crippen LogP contribution >= 0.6 is 0 Å². The summed E-state index contributed by atoms with van der Waals surface area (Å²) in [6.45, 7) is 9.40. The van der Waals surface area contributed by atoms with Crippen LogP contribution in [0.2, 0.25) is 0 Å². The van der Waals surface area contributed by atoms with E-state index < -0.39 is 0 Å². The van der Waals surface area contributed by atoms with Gasteiger partial charge < -0.3 is 15.4 Å². The molecular weight excluding hydrogens is 236 g/mol. The summed E-state index contributed by atoms with van der Waals surface area (Å²) in [5, 5.41) is 0. The lowest BCUT2D eigenvalue weighted by atomic mass is 10.2. The number of ether oxygens (including phenoxy) is 1. The van der Waals surface area contributed by atoms with E-state index in [0.29, 0.717) is 5.92 Å². The lowest BCUT2D eigenvalue weighted by molar-refractivity contribution is 0.215. The summed E-state index contributed by atoms with van der Waals surface area (Å²) < 4.78 is 5.71. The van der Waals surface area contributed by atoms with Gasteiger partial charge >= 0.3 is 0 Å². The molecule has 3 heteroatoms. The fraction of sp³-hybridized carbons (Fsp3) is 0.625. The van der Waals surface area contributed by atoms with Crippen molar-refractivity contribution in [3.63, 3.8) is 0 Å². The minimum absolute atomic E-state index is 0.702. The lowest BCUT2D eigenvalue weighted by Crippen LogP contribution is -2.31. The summed E-state index contributed by atoms with van der Waals surface area (Å²) >= 11 is 0. The maximum Gasteiger partial charge on any atom is 0.119 e. The molecule has 0 aliphatic rings. The Hall–Kier alpha value is -1.06. The maximum absolute atomic E-state index is 5.71. The van der Waals surface area contributed by atoms with E-state index in [4.69, 9.17) is 10.5 Å². The summed E-state index contributed by atoms with van der Waals surface area (Å²) in [4.78, 5) is 2.49. The number of rotatable bonds is 10. The first-order valence-electron chi connectivity index (χ1n) is 7.32. The molecule has 1 rings (SSSR count). The van der Waals surface area contributed by atoms with Gasteiger partial charge in [0.05, 0.1) is 6.61 Å². The summed E-state index contributed by atoms with van der Waals surface area (Å²) in [5.41, 5.74) is 5.59. The van der Waals surface area contributed by atoms with Crippen LogP contribution in [-0.4, -0.2) is 37.7 Å². The number of para-hydroxylation sites is 1. The molecule has 0 saturated carbocycles. The van der Waals surface area contributed by atoms with Crippen LogP contribution in [0, 0.1) is 5.92 Å². The second-order valence-electron chi connectivity index (χ2n) is 5.35. The predicted octanol–water partition coefficient (Wildman–Crippen LogP) is 2.76. The van der Waals surface area contributed by atoms with Crippen molar-refractivity contribution in [2.24, 2.45) is 11.7 Å². The Morgan fingerprint density at radius 1 is 1.11 bits per heavy atom. The summed E-state index contributed by atoms with van der Waals surface area (Å²) in [5.74, 6) is 1.66. The fourth-order valence-electron chi connectivity index (χ4n) is 2.12. The molecule has 0 heterocycles. The van der Waals surface area contributed by atoms with Gasteiger partial charge in [0.1, 0.15) is 5.75 Å². The van der Waals surface area contributed by atoms with E-state index in [0.717, 1.165) is 51.4 Å². The Kier molecular flexibility index (Phi) is 8.26. The third-order valence-electron chi connectivity index (χ3n) is 2.93. The van der Waals surface area contributed by atoms with Gasteiger partial charge in [0.25, 0.3) is 0 Å². The Bertz CT molecular complexity index is 314. The van der Waals surface area contributed by atoms with E-state index >= 15 is 0 Å². The highest BCUT2D eigenvalue weighted by molar-refractivity contribution is 5.20. The molecule has 2 N–H and O–H groups in total. The van der Waals surface area contributed by atoms with Gasteiger partial charge in [-0.3, -0.25) is 0 Å². The van der Waals surface area contributed by atoms with Gasteiger partial charge in [0.2, 0.25) is 0 Å². The third-order valence-corrected chi connectivity index (χ3v) is 2.93. The molecule has 0 aromatic heterocycles. The first-order valence-corrected chi connectivity index (χ1v) is 7.32. The van der Waals surface area contributed by atoms with Crippen LogP contribution < -0.4 is 10.5 Å². The number of hydrogen-bond acceptors (Lipinski definition) is 3. The van der Waals surface area contributed by atoms with Gasteiger partial charge in [-0.2, -0.15) is 0 Å². The van der Waals surface area contributed by atoms with E-state index in [1.165, 1.54) is 0 Å². The third kappa shape index (κ3) is 7.85. The second kappa shape index (κ2) is 9.82. The fourth-order valence-corrected chi connectivity index (χ4v) is 2.12. The van der Waals surface area contributed by atoms with Crippen LogP contribution in [-0.2, 0) is 0 Å². The van der Waals surface area contributed by atoms with Gasteiger partial charge in [-0.05, 0) is 44.0 Å². The van der Waals surface area contributed by atoms with Crippen LogP contribution in [0.1, 0.15) is 26.7 Å². The standard InChI is InChI=1S/C16H28N2O/c1-15(2)14-18(11-6-10-17)12-7-13-19-16-8-4-3-5-9-16/h3-5,8-9,15H,6-7,10-14,17H2,1-2H3. The molecule has 3 nitrogen and oxygen atoms in total. The van der Waals surface area contributed by atoms with Crippen molar-refractivity contribution >= 4 is 0 Å². The van der Waals surface area contributed by atoms with Gasteiger partial charge in [-0.15, -0.1) is 0 Å². The van der Waals surface area contributed by atoms with Crippen molar-refractivity contribution in [1.29, 1.82) is 0 Å². The summed E-state index contributed by atoms with van der Waals surface area (Å²) in [6.07, 6.45) is 2.14. The van der Waals surface area contributed by atoms with Gasteiger partial charge in [-0.1, -0.05) is 32.0 Å². The smallest absolute Gasteiger partial charge is 0.119 e. The summed E-state index contributed by atoms with van der Waals surface area (Å²) in [7, 11) is 0. The molecule has 0 saturated heterocycles. The molecule has 1 aromatic carbocycles. The van der Waals surface area contributed by atoms with Crippen LogP contribution in [0.5, 0.6) is 5.75 Å². The molecule has 0 atom stereocenters. The monoisotopic (exact) mass is 264 g/mol. The first-order chi connectivity index (χ1) is 9.22.